The van der Waals surface area contributed by atoms with Crippen LogP contribution in [0.15, 0.2) is 71.6 Å². The van der Waals surface area contributed by atoms with Crippen LogP contribution in [0.25, 0.3) is 25.7 Å². The summed E-state index contributed by atoms with van der Waals surface area (Å²) in [5.41, 5.74) is 0.755. The molecule has 0 aliphatic rings. The molecule has 4 aromatic rings. The molecule has 6 heteroatoms. The third kappa shape index (κ3) is 2.67. The van der Waals surface area contributed by atoms with Gasteiger partial charge in [0.2, 0.25) is 10.0 Å². The molecule has 0 unspecified atom stereocenters. The monoisotopic (exact) mass is 339 g/mol. The summed E-state index contributed by atoms with van der Waals surface area (Å²) in [4.78, 5) is 4.43. The average Bonchev–Trinajstić information content (AvgIpc) is 2.95. The number of sulfonamides is 1. The first-order chi connectivity index (χ1) is 11.1. The molecule has 4 rings (SSSR count). The SMILES string of the molecule is O=S(=O)([N-]c1nc2ccccc2s1)c1ccc2ccccc2c1. The summed E-state index contributed by atoms with van der Waals surface area (Å²) in [6, 6.07) is 20.1. The summed E-state index contributed by atoms with van der Waals surface area (Å²) in [5.74, 6) is 0. The molecule has 1 heterocycles. The van der Waals surface area contributed by atoms with E-state index in [1.165, 1.54) is 11.3 Å². The Morgan fingerprint density at radius 2 is 1.61 bits per heavy atom. The van der Waals surface area contributed by atoms with Crippen LogP contribution in [0.2, 0.25) is 0 Å². The van der Waals surface area contributed by atoms with Gasteiger partial charge in [-0.25, -0.2) is 8.42 Å². The number of benzene rings is 3. The van der Waals surface area contributed by atoms with E-state index in [2.05, 4.69) is 9.71 Å². The van der Waals surface area contributed by atoms with Gasteiger partial charge in [-0.05, 0) is 34.5 Å². The topological polar surface area (TPSA) is 61.1 Å². The highest BCUT2D eigenvalue weighted by Crippen LogP contribution is 2.35. The maximum atomic E-state index is 12.5. The second-order valence-corrected chi connectivity index (χ2v) is 7.65. The van der Waals surface area contributed by atoms with E-state index in [0.29, 0.717) is 0 Å². The average molecular weight is 339 g/mol. The number of hydrogen-bond acceptors (Lipinski definition) is 4. The van der Waals surface area contributed by atoms with Crippen molar-refractivity contribution in [2.45, 2.75) is 4.90 Å². The minimum absolute atomic E-state index is 0.176. The molecular weight excluding hydrogens is 328 g/mol. The van der Waals surface area contributed by atoms with Crippen molar-refractivity contribution in [3.63, 3.8) is 0 Å². The Labute approximate surface area is 137 Å². The molecule has 0 saturated heterocycles. The zero-order valence-corrected chi connectivity index (χ0v) is 13.5. The Hall–Kier alpha value is -2.44. The summed E-state index contributed by atoms with van der Waals surface area (Å²) in [7, 11) is -3.78. The fourth-order valence-electron chi connectivity index (χ4n) is 2.38. The van der Waals surface area contributed by atoms with Gasteiger partial charge in [-0.2, -0.15) is 0 Å². The summed E-state index contributed by atoms with van der Waals surface area (Å²) in [6.07, 6.45) is 0. The third-order valence-corrected chi connectivity index (χ3v) is 5.81. The number of thiazole rings is 1. The quantitative estimate of drug-likeness (QED) is 0.536. The molecule has 0 aliphatic carbocycles. The van der Waals surface area contributed by atoms with E-state index in [4.69, 9.17) is 0 Å². The van der Waals surface area contributed by atoms with Gasteiger partial charge in [0.05, 0.1) is 4.90 Å². The van der Waals surface area contributed by atoms with Crippen LogP contribution in [0.3, 0.4) is 0 Å². The number of nitrogens with zero attached hydrogens (tertiary/aromatic N) is 2. The second kappa shape index (κ2) is 5.33. The van der Waals surface area contributed by atoms with Crippen molar-refractivity contribution in [2.24, 2.45) is 0 Å². The molecule has 0 aliphatic heterocycles. The zero-order chi connectivity index (χ0) is 15.9. The lowest BCUT2D eigenvalue weighted by Crippen LogP contribution is -1.97. The maximum absolute atomic E-state index is 12.5. The lowest BCUT2D eigenvalue weighted by molar-refractivity contribution is 0.603. The highest BCUT2D eigenvalue weighted by atomic mass is 32.2. The Balaban J connectivity index is 1.73. The molecule has 1 aromatic heterocycles. The molecule has 0 N–H and O–H groups in total. The Morgan fingerprint density at radius 3 is 2.43 bits per heavy atom. The molecule has 0 atom stereocenters. The van der Waals surface area contributed by atoms with Crippen LogP contribution < -0.4 is 0 Å². The van der Waals surface area contributed by atoms with Crippen LogP contribution in [0.5, 0.6) is 0 Å². The zero-order valence-electron chi connectivity index (χ0n) is 11.9. The van der Waals surface area contributed by atoms with Crippen LogP contribution in [0, 0.1) is 0 Å². The summed E-state index contributed by atoms with van der Waals surface area (Å²) in [6.45, 7) is 0. The minimum Gasteiger partial charge on any atom is -0.426 e. The smallest absolute Gasteiger partial charge is 0.203 e. The summed E-state index contributed by atoms with van der Waals surface area (Å²) in [5, 5.41) is 2.11. The van der Waals surface area contributed by atoms with Crippen LogP contribution in [0.1, 0.15) is 0 Å². The Bertz CT molecular complexity index is 1080. The first-order valence-corrected chi connectivity index (χ1v) is 9.20. The normalized spacial score (nSPS) is 11.8. The third-order valence-electron chi connectivity index (χ3n) is 3.50. The van der Waals surface area contributed by atoms with Crippen molar-refractivity contribution in [3.05, 3.63) is 71.5 Å². The highest BCUT2D eigenvalue weighted by Gasteiger charge is 2.11. The number of para-hydroxylation sites is 1. The molecule has 0 amide bonds. The summed E-state index contributed by atoms with van der Waals surface area (Å²) >= 11 is 1.27. The van der Waals surface area contributed by atoms with Crippen LogP contribution in [0.4, 0.5) is 5.13 Å². The molecule has 0 saturated carbocycles. The van der Waals surface area contributed by atoms with Crippen LogP contribution >= 0.6 is 11.3 Å². The van der Waals surface area contributed by atoms with Crippen molar-refractivity contribution in [1.29, 1.82) is 0 Å². The van der Waals surface area contributed by atoms with Gasteiger partial charge >= 0.3 is 0 Å². The first-order valence-electron chi connectivity index (χ1n) is 6.94. The van der Waals surface area contributed by atoms with Crippen molar-refractivity contribution in [3.8, 4) is 0 Å². The van der Waals surface area contributed by atoms with Crippen molar-refractivity contribution >= 4 is 47.5 Å². The Kier molecular flexibility index (Phi) is 3.28. The van der Waals surface area contributed by atoms with E-state index in [9.17, 15) is 8.42 Å². The van der Waals surface area contributed by atoms with E-state index >= 15 is 0 Å². The molecule has 0 fully saturated rings. The summed E-state index contributed by atoms with van der Waals surface area (Å²) < 4.78 is 29.8. The minimum atomic E-state index is -3.78. The van der Waals surface area contributed by atoms with Gasteiger partial charge < -0.3 is 9.71 Å². The molecule has 3 aromatic carbocycles. The van der Waals surface area contributed by atoms with Gasteiger partial charge in [0.25, 0.3) is 0 Å². The predicted octanol–water partition coefficient (Wildman–Crippen LogP) is 4.84. The van der Waals surface area contributed by atoms with E-state index in [0.717, 1.165) is 21.0 Å². The molecule has 0 spiro atoms. The fraction of sp³-hybridized carbons (Fsp3) is 0. The lowest BCUT2D eigenvalue weighted by atomic mass is 10.1. The van der Waals surface area contributed by atoms with Crippen LogP contribution in [-0.2, 0) is 10.0 Å². The van der Waals surface area contributed by atoms with Crippen LogP contribution in [-0.4, -0.2) is 13.4 Å². The van der Waals surface area contributed by atoms with Crippen molar-refractivity contribution in [1.82, 2.24) is 4.98 Å². The van der Waals surface area contributed by atoms with Crippen molar-refractivity contribution < 1.29 is 8.42 Å². The van der Waals surface area contributed by atoms with E-state index in [1.54, 1.807) is 18.2 Å². The largest absolute Gasteiger partial charge is 0.426 e. The van der Waals surface area contributed by atoms with Gasteiger partial charge in [0.1, 0.15) is 0 Å². The molecule has 23 heavy (non-hydrogen) atoms. The van der Waals surface area contributed by atoms with E-state index < -0.39 is 10.0 Å². The molecule has 4 nitrogen and oxygen atoms in total. The predicted molar refractivity (Wildman–Crippen MR) is 93.8 cm³/mol. The number of rotatable bonds is 3. The molecule has 114 valence electrons. The fourth-order valence-corrected chi connectivity index (χ4v) is 4.40. The van der Waals surface area contributed by atoms with Gasteiger partial charge in [-0.15, -0.1) is 11.3 Å². The van der Waals surface area contributed by atoms with Gasteiger partial charge in [0, 0.05) is 9.83 Å². The number of aromatic nitrogens is 1. The number of fused-ring (bicyclic) bond motifs is 2. The highest BCUT2D eigenvalue weighted by molar-refractivity contribution is 7.94. The van der Waals surface area contributed by atoms with Gasteiger partial charge in [-0.1, -0.05) is 48.5 Å². The number of hydrogen-bond donors (Lipinski definition) is 0. The molecule has 0 radical (unpaired) electrons. The first kappa shape index (κ1) is 14.2. The van der Waals surface area contributed by atoms with Gasteiger partial charge in [0.15, 0.2) is 0 Å². The second-order valence-electron chi connectivity index (χ2n) is 5.04. The standard InChI is InChI=1S/C17H11N2O2S2/c20-23(21,14-10-9-12-5-1-2-6-13(12)11-14)19-17-18-15-7-3-4-8-16(15)22-17/h1-11H/q-1. The van der Waals surface area contributed by atoms with Gasteiger partial charge in [-0.3, -0.25) is 0 Å². The molecule has 0 bridgehead atoms. The lowest BCUT2D eigenvalue weighted by Gasteiger charge is -2.12. The van der Waals surface area contributed by atoms with E-state index in [-0.39, 0.29) is 10.0 Å². The van der Waals surface area contributed by atoms with E-state index in [1.807, 2.05) is 48.5 Å². The molecular formula is C17H11N2O2S2-. The maximum Gasteiger partial charge on any atom is 0.203 e. The van der Waals surface area contributed by atoms with Crippen molar-refractivity contribution in [2.75, 3.05) is 0 Å². The Morgan fingerprint density at radius 1 is 0.870 bits per heavy atom.